The number of carboxylic acids is 1. The average Bonchev–Trinajstić information content (AvgIpc) is 2.16. The van der Waals surface area contributed by atoms with Crippen LogP contribution in [0, 0.1) is 0 Å². The number of Topliss-reactive ketones (excluding diaryl/α,β-unsaturated/α-hetero) is 1. The number of carbonyl (C=O) groups is 2. The van der Waals surface area contributed by atoms with Gasteiger partial charge in [0, 0.05) is 17.2 Å². The molecule has 1 rings (SSSR count). The molecule has 0 bridgehead atoms. The van der Waals surface area contributed by atoms with Gasteiger partial charge in [0.05, 0.1) is 0 Å². The van der Waals surface area contributed by atoms with E-state index in [1.165, 1.54) is 31.2 Å². The van der Waals surface area contributed by atoms with Crippen LogP contribution in [0.25, 0.3) is 6.08 Å². The van der Waals surface area contributed by atoms with E-state index in [9.17, 15) is 14.7 Å². The maximum atomic E-state index is 11.0. The van der Waals surface area contributed by atoms with Gasteiger partial charge in [-0.1, -0.05) is 0 Å². The first-order chi connectivity index (χ1) is 7.00. The van der Waals surface area contributed by atoms with Crippen LogP contribution in [0.4, 0.5) is 0 Å². The average molecular weight is 206 g/mol. The molecular weight excluding hydrogens is 196 g/mol. The fraction of sp³-hybridized carbons (Fsp3) is 0.0909. The van der Waals surface area contributed by atoms with Gasteiger partial charge in [-0.2, -0.15) is 0 Å². The monoisotopic (exact) mass is 206 g/mol. The molecule has 0 amide bonds. The molecule has 0 unspecified atom stereocenters. The zero-order valence-electron chi connectivity index (χ0n) is 8.10. The van der Waals surface area contributed by atoms with Crippen molar-refractivity contribution in [2.45, 2.75) is 6.92 Å². The van der Waals surface area contributed by atoms with Crippen LogP contribution in [0.3, 0.4) is 0 Å². The number of aromatic hydroxyl groups is 1. The van der Waals surface area contributed by atoms with E-state index in [0.717, 1.165) is 6.08 Å². The van der Waals surface area contributed by atoms with Gasteiger partial charge in [-0.05, 0) is 31.2 Å². The number of phenols is 1. The molecule has 0 atom stereocenters. The summed E-state index contributed by atoms with van der Waals surface area (Å²) >= 11 is 0. The summed E-state index contributed by atoms with van der Waals surface area (Å²) in [6.07, 6.45) is 2.14. The van der Waals surface area contributed by atoms with Crippen LogP contribution in [0.5, 0.6) is 5.75 Å². The van der Waals surface area contributed by atoms with Crippen LogP contribution in [-0.2, 0) is 4.79 Å². The molecule has 0 fully saturated rings. The van der Waals surface area contributed by atoms with Crippen LogP contribution < -0.4 is 0 Å². The van der Waals surface area contributed by atoms with Gasteiger partial charge in [0.2, 0.25) is 0 Å². The molecular formula is C11H10O4. The smallest absolute Gasteiger partial charge is 0.328 e. The lowest BCUT2D eigenvalue weighted by Crippen LogP contribution is -1.92. The summed E-state index contributed by atoms with van der Waals surface area (Å²) in [4.78, 5) is 21.3. The van der Waals surface area contributed by atoms with Crippen molar-refractivity contribution in [1.82, 2.24) is 0 Å². The van der Waals surface area contributed by atoms with E-state index < -0.39 is 5.97 Å². The van der Waals surface area contributed by atoms with E-state index in [1.807, 2.05) is 0 Å². The summed E-state index contributed by atoms with van der Waals surface area (Å²) in [6, 6.07) is 4.28. The van der Waals surface area contributed by atoms with Crippen molar-refractivity contribution in [3.05, 3.63) is 35.4 Å². The molecule has 0 heterocycles. The molecule has 4 nitrogen and oxygen atoms in total. The second-order valence-electron chi connectivity index (χ2n) is 3.00. The maximum Gasteiger partial charge on any atom is 0.328 e. The van der Waals surface area contributed by atoms with Crippen LogP contribution in [0.2, 0.25) is 0 Å². The lowest BCUT2D eigenvalue weighted by atomic mass is 10.1. The highest BCUT2D eigenvalue weighted by molar-refractivity contribution is 5.95. The molecule has 0 aromatic heterocycles. The summed E-state index contributed by atoms with van der Waals surface area (Å²) in [5, 5.41) is 17.8. The van der Waals surface area contributed by atoms with E-state index in [2.05, 4.69) is 0 Å². The van der Waals surface area contributed by atoms with Crippen molar-refractivity contribution in [3.63, 3.8) is 0 Å². The zero-order chi connectivity index (χ0) is 11.4. The van der Waals surface area contributed by atoms with Gasteiger partial charge in [0.25, 0.3) is 0 Å². The third kappa shape index (κ3) is 2.95. The van der Waals surface area contributed by atoms with E-state index in [0.29, 0.717) is 11.1 Å². The molecule has 4 heteroatoms. The van der Waals surface area contributed by atoms with Crippen molar-refractivity contribution < 1.29 is 19.8 Å². The Labute approximate surface area is 86.5 Å². The number of phenolic OH excluding ortho intramolecular Hbond substituents is 1. The van der Waals surface area contributed by atoms with Gasteiger partial charge in [-0.15, -0.1) is 0 Å². The van der Waals surface area contributed by atoms with Crippen molar-refractivity contribution in [3.8, 4) is 5.75 Å². The first-order valence-electron chi connectivity index (χ1n) is 4.25. The lowest BCUT2D eigenvalue weighted by molar-refractivity contribution is -0.131. The number of hydrogen-bond donors (Lipinski definition) is 2. The molecule has 78 valence electrons. The Morgan fingerprint density at radius 3 is 2.53 bits per heavy atom. The highest BCUT2D eigenvalue weighted by atomic mass is 16.4. The summed E-state index contributed by atoms with van der Waals surface area (Å²) < 4.78 is 0. The molecule has 0 saturated heterocycles. The SMILES string of the molecule is CC(=O)c1ccc(O)c(/C=C/C(=O)O)c1. The summed E-state index contributed by atoms with van der Waals surface area (Å²) in [5.74, 6) is -1.31. The molecule has 1 aromatic rings. The van der Waals surface area contributed by atoms with Crippen molar-refractivity contribution in [1.29, 1.82) is 0 Å². The number of carbonyl (C=O) groups excluding carboxylic acids is 1. The van der Waals surface area contributed by atoms with E-state index >= 15 is 0 Å². The van der Waals surface area contributed by atoms with Crippen LogP contribution in [-0.4, -0.2) is 22.0 Å². The molecule has 15 heavy (non-hydrogen) atoms. The topological polar surface area (TPSA) is 74.6 Å². The normalized spacial score (nSPS) is 10.5. The molecule has 0 spiro atoms. The fourth-order valence-corrected chi connectivity index (χ4v) is 1.07. The molecule has 0 aliphatic rings. The Kier molecular flexibility index (Phi) is 3.23. The Morgan fingerprint density at radius 1 is 1.33 bits per heavy atom. The summed E-state index contributed by atoms with van der Waals surface area (Å²) in [6.45, 7) is 1.40. The fourth-order valence-electron chi connectivity index (χ4n) is 1.07. The standard InChI is InChI=1S/C11H10O4/c1-7(12)8-2-4-10(13)9(6-8)3-5-11(14)15/h2-6,13H,1H3,(H,14,15)/b5-3+. The maximum absolute atomic E-state index is 11.0. The van der Waals surface area contributed by atoms with Gasteiger partial charge in [-0.25, -0.2) is 4.79 Å². The van der Waals surface area contributed by atoms with Crippen molar-refractivity contribution in [2.24, 2.45) is 0 Å². The second-order valence-corrected chi connectivity index (χ2v) is 3.00. The van der Waals surface area contributed by atoms with Gasteiger partial charge in [0.15, 0.2) is 5.78 Å². The molecule has 2 N–H and O–H groups in total. The Hall–Kier alpha value is -2.10. The van der Waals surface area contributed by atoms with Crippen LogP contribution >= 0.6 is 0 Å². The molecule has 0 saturated carbocycles. The molecule has 0 aliphatic heterocycles. The largest absolute Gasteiger partial charge is 0.507 e. The summed E-state index contributed by atoms with van der Waals surface area (Å²) in [5.41, 5.74) is 0.739. The number of benzene rings is 1. The minimum absolute atomic E-state index is 0.0579. The highest BCUT2D eigenvalue weighted by Gasteiger charge is 2.03. The minimum atomic E-state index is -1.11. The first-order valence-corrected chi connectivity index (χ1v) is 4.25. The van der Waals surface area contributed by atoms with Gasteiger partial charge in [0.1, 0.15) is 5.75 Å². The van der Waals surface area contributed by atoms with Crippen molar-refractivity contribution in [2.75, 3.05) is 0 Å². The number of carboxylic acid groups (broad SMARTS) is 1. The van der Waals surface area contributed by atoms with Gasteiger partial charge >= 0.3 is 5.97 Å². The van der Waals surface area contributed by atoms with Crippen LogP contribution in [0.1, 0.15) is 22.8 Å². The van der Waals surface area contributed by atoms with E-state index in [1.54, 1.807) is 0 Å². The van der Waals surface area contributed by atoms with E-state index in [4.69, 9.17) is 5.11 Å². The lowest BCUT2D eigenvalue weighted by Gasteiger charge is -2.01. The zero-order valence-corrected chi connectivity index (χ0v) is 8.10. The van der Waals surface area contributed by atoms with E-state index in [-0.39, 0.29) is 11.5 Å². The third-order valence-electron chi connectivity index (χ3n) is 1.84. The summed E-state index contributed by atoms with van der Waals surface area (Å²) in [7, 11) is 0. The molecule has 0 radical (unpaired) electrons. The number of ketones is 1. The van der Waals surface area contributed by atoms with Gasteiger partial charge in [-0.3, -0.25) is 4.79 Å². The Bertz CT molecular complexity index is 432. The highest BCUT2D eigenvalue weighted by Crippen LogP contribution is 2.20. The van der Waals surface area contributed by atoms with Gasteiger partial charge < -0.3 is 10.2 Å². The second kappa shape index (κ2) is 4.41. The number of rotatable bonds is 3. The Morgan fingerprint density at radius 2 is 2.00 bits per heavy atom. The Balaban J connectivity index is 3.11. The first kappa shape index (κ1) is 11.0. The minimum Gasteiger partial charge on any atom is -0.507 e. The number of aliphatic carboxylic acids is 1. The van der Waals surface area contributed by atoms with Crippen LogP contribution in [0.15, 0.2) is 24.3 Å². The third-order valence-corrected chi connectivity index (χ3v) is 1.84. The predicted molar refractivity (Wildman–Crippen MR) is 54.8 cm³/mol. The quantitative estimate of drug-likeness (QED) is 0.583. The predicted octanol–water partition coefficient (Wildman–Crippen LogP) is 1.69. The molecule has 0 aliphatic carbocycles. The molecule has 1 aromatic carbocycles. The number of hydrogen-bond acceptors (Lipinski definition) is 3. The van der Waals surface area contributed by atoms with Crippen molar-refractivity contribution >= 4 is 17.8 Å².